The molecular formula is C22H24N4OS+2. The quantitative estimate of drug-likeness (QED) is 0.450. The maximum atomic E-state index is 10.6. The second-order valence-corrected chi connectivity index (χ2v) is 8.29. The number of nitriles is 1. The van der Waals surface area contributed by atoms with Crippen molar-refractivity contribution in [3.05, 3.63) is 70.9 Å². The van der Waals surface area contributed by atoms with Crippen molar-refractivity contribution in [1.29, 1.82) is 5.26 Å². The molecule has 4 rings (SSSR count). The summed E-state index contributed by atoms with van der Waals surface area (Å²) in [7, 11) is 0. The zero-order valence-electron chi connectivity index (χ0n) is 15.7. The minimum Gasteiger partial charge on any atom is -0.506 e. The van der Waals surface area contributed by atoms with Crippen LogP contribution in [0.1, 0.15) is 10.6 Å². The van der Waals surface area contributed by atoms with E-state index in [-0.39, 0.29) is 5.76 Å². The first-order valence-electron chi connectivity index (χ1n) is 9.62. The van der Waals surface area contributed by atoms with Gasteiger partial charge >= 0.3 is 0 Å². The molecular weight excluding hydrogens is 368 g/mol. The molecule has 0 amide bonds. The van der Waals surface area contributed by atoms with E-state index < -0.39 is 0 Å². The van der Waals surface area contributed by atoms with Crippen LogP contribution in [0.25, 0.3) is 15.8 Å². The second kappa shape index (κ2) is 8.53. The van der Waals surface area contributed by atoms with E-state index in [9.17, 15) is 10.4 Å². The van der Waals surface area contributed by atoms with E-state index in [2.05, 4.69) is 35.3 Å². The van der Waals surface area contributed by atoms with Gasteiger partial charge in [-0.1, -0.05) is 42.5 Å². The van der Waals surface area contributed by atoms with Gasteiger partial charge in [-0.15, -0.1) is 11.3 Å². The molecule has 1 aromatic heterocycles. The van der Waals surface area contributed by atoms with Crippen molar-refractivity contribution in [3.8, 4) is 6.07 Å². The average molecular weight is 393 g/mol. The zero-order chi connectivity index (χ0) is 19.3. The fourth-order valence-electron chi connectivity index (χ4n) is 3.74. The van der Waals surface area contributed by atoms with E-state index in [4.69, 9.17) is 0 Å². The van der Waals surface area contributed by atoms with Crippen molar-refractivity contribution in [2.45, 2.75) is 6.54 Å². The number of hydrogen-bond donors (Lipinski definition) is 3. The first-order chi connectivity index (χ1) is 13.7. The number of aromatic nitrogens is 1. The Balaban J connectivity index is 1.40. The summed E-state index contributed by atoms with van der Waals surface area (Å²) in [5, 5.41) is 20.8. The summed E-state index contributed by atoms with van der Waals surface area (Å²) in [6.07, 6.45) is 0. The van der Waals surface area contributed by atoms with Crippen LogP contribution in [0.5, 0.6) is 0 Å². The first kappa shape index (κ1) is 18.6. The standard InChI is InChI=1S/C22H22N4OS/c23-14-18(22-24-19-8-4-5-9-21(19)28-22)20(27)16-26-12-10-25(11-13-26)15-17-6-2-1-3-7-17/h1-9,27H,10-13,15-16H2/p+2. The molecule has 2 aromatic carbocycles. The molecule has 142 valence electrons. The molecule has 28 heavy (non-hydrogen) atoms. The van der Waals surface area contributed by atoms with Crippen molar-refractivity contribution in [3.63, 3.8) is 0 Å². The number of aliphatic hydroxyl groups is 1. The summed E-state index contributed by atoms with van der Waals surface area (Å²) in [5.41, 5.74) is 2.55. The molecule has 0 radical (unpaired) electrons. The Kier molecular flexibility index (Phi) is 5.68. The molecule has 1 fully saturated rings. The number of nitrogens with zero attached hydrogens (tertiary/aromatic N) is 2. The molecule has 3 N–H and O–H groups in total. The minimum atomic E-state index is 0.156. The lowest BCUT2D eigenvalue weighted by atomic mass is 10.2. The fourth-order valence-corrected chi connectivity index (χ4v) is 4.72. The molecule has 1 aliphatic rings. The summed E-state index contributed by atoms with van der Waals surface area (Å²) in [4.78, 5) is 7.42. The molecule has 5 nitrogen and oxygen atoms in total. The molecule has 0 bridgehead atoms. The third-order valence-corrected chi connectivity index (χ3v) is 6.34. The Morgan fingerprint density at radius 1 is 1.00 bits per heavy atom. The van der Waals surface area contributed by atoms with Crippen LogP contribution < -0.4 is 9.80 Å². The third kappa shape index (κ3) is 4.23. The van der Waals surface area contributed by atoms with Crippen molar-refractivity contribution >= 4 is 27.1 Å². The molecule has 1 aliphatic heterocycles. The van der Waals surface area contributed by atoms with Gasteiger partial charge in [-0.25, -0.2) is 4.98 Å². The van der Waals surface area contributed by atoms with E-state index in [1.807, 2.05) is 30.3 Å². The normalized spacial score (nSPS) is 20.5. The topological polar surface area (TPSA) is 65.8 Å². The van der Waals surface area contributed by atoms with Crippen molar-refractivity contribution < 1.29 is 14.9 Å². The van der Waals surface area contributed by atoms with Crippen LogP contribution in [0.2, 0.25) is 0 Å². The fraction of sp³-hybridized carbons (Fsp3) is 0.273. The molecule has 3 aromatic rings. The van der Waals surface area contributed by atoms with E-state index in [0.29, 0.717) is 17.1 Å². The number of para-hydroxylation sites is 1. The summed E-state index contributed by atoms with van der Waals surface area (Å²) < 4.78 is 1.03. The number of nitrogens with one attached hydrogen (secondary N) is 2. The Bertz CT molecular complexity index is 981. The number of rotatable bonds is 5. The Morgan fingerprint density at radius 2 is 1.68 bits per heavy atom. The van der Waals surface area contributed by atoms with Gasteiger partial charge in [0.05, 0.1) is 10.2 Å². The summed E-state index contributed by atoms with van der Waals surface area (Å²) in [5.74, 6) is 0.156. The van der Waals surface area contributed by atoms with Gasteiger partial charge in [-0.05, 0) is 12.1 Å². The monoisotopic (exact) mass is 392 g/mol. The lowest BCUT2D eigenvalue weighted by Gasteiger charge is -2.29. The highest BCUT2D eigenvalue weighted by molar-refractivity contribution is 7.19. The number of hydrogen-bond acceptors (Lipinski definition) is 4. The first-order valence-corrected chi connectivity index (χ1v) is 10.4. The van der Waals surface area contributed by atoms with E-state index in [1.54, 1.807) is 4.90 Å². The maximum Gasteiger partial charge on any atom is 0.168 e. The van der Waals surface area contributed by atoms with Gasteiger partial charge in [0.1, 0.15) is 55.9 Å². The minimum absolute atomic E-state index is 0.156. The lowest BCUT2D eigenvalue weighted by Crippen LogP contribution is -3.27. The van der Waals surface area contributed by atoms with Crippen molar-refractivity contribution in [2.24, 2.45) is 0 Å². The van der Waals surface area contributed by atoms with Gasteiger partial charge in [-0.2, -0.15) is 5.26 Å². The third-order valence-electron chi connectivity index (χ3n) is 5.29. The molecule has 0 saturated carbocycles. The van der Waals surface area contributed by atoms with Gasteiger partial charge in [0, 0.05) is 5.56 Å². The molecule has 0 aliphatic carbocycles. The molecule has 0 spiro atoms. The van der Waals surface area contributed by atoms with Gasteiger partial charge in [0.2, 0.25) is 0 Å². The molecule has 0 unspecified atom stereocenters. The number of aliphatic hydroxyl groups excluding tert-OH is 1. The van der Waals surface area contributed by atoms with E-state index in [1.165, 1.54) is 21.8 Å². The molecule has 6 heteroatoms. The predicted octanol–water partition coefficient (Wildman–Crippen LogP) is 1.07. The van der Waals surface area contributed by atoms with Gasteiger partial charge in [0.25, 0.3) is 0 Å². The van der Waals surface area contributed by atoms with E-state index >= 15 is 0 Å². The van der Waals surface area contributed by atoms with Gasteiger partial charge < -0.3 is 14.9 Å². The highest BCUT2D eigenvalue weighted by Gasteiger charge is 2.25. The molecule has 0 atom stereocenters. The number of thiazole rings is 1. The SMILES string of the molecule is N#CC(=C(O)C[NH+]1CC[NH+](Cc2ccccc2)CC1)c1nc2ccccc2s1. The van der Waals surface area contributed by atoms with Gasteiger partial charge in [0.15, 0.2) is 5.76 Å². The Hall–Kier alpha value is -2.72. The van der Waals surface area contributed by atoms with Crippen LogP contribution in [-0.2, 0) is 6.54 Å². The van der Waals surface area contributed by atoms with Crippen LogP contribution >= 0.6 is 11.3 Å². The molecule has 2 heterocycles. The number of allylic oxidation sites excluding steroid dienone is 1. The Morgan fingerprint density at radius 3 is 2.39 bits per heavy atom. The van der Waals surface area contributed by atoms with Crippen LogP contribution in [-0.4, -0.2) is 42.8 Å². The van der Waals surface area contributed by atoms with Crippen LogP contribution in [0.4, 0.5) is 0 Å². The van der Waals surface area contributed by atoms with Gasteiger partial charge in [-0.3, -0.25) is 0 Å². The number of quaternary nitrogens is 2. The highest BCUT2D eigenvalue weighted by Crippen LogP contribution is 2.27. The number of benzene rings is 2. The summed E-state index contributed by atoms with van der Waals surface area (Å²) >= 11 is 1.46. The maximum absolute atomic E-state index is 10.6. The predicted molar refractivity (Wildman–Crippen MR) is 111 cm³/mol. The number of piperazine rings is 1. The second-order valence-electron chi connectivity index (χ2n) is 7.26. The molecule has 1 saturated heterocycles. The Labute approximate surface area is 168 Å². The average Bonchev–Trinajstić information content (AvgIpc) is 3.14. The van der Waals surface area contributed by atoms with Crippen molar-refractivity contribution in [2.75, 3.05) is 32.7 Å². The summed E-state index contributed by atoms with van der Waals surface area (Å²) in [6, 6.07) is 20.6. The van der Waals surface area contributed by atoms with Crippen LogP contribution in [0.15, 0.2) is 60.4 Å². The highest BCUT2D eigenvalue weighted by atomic mass is 32.1. The lowest BCUT2D eigenvalue weighted by molar-refractivity contribution is -1.02. The summed E-state index contributed by atoms with van der Waals surface area (Å²) in [6.45, 7) is 5.65. The van der Waals surface area contributed by atoms with Crippen molar-refractivity contribution in [1.82, 2.24) is 4.98 Å². The van der Waals surface area contributed by atoms with E-state index in [0.717, 1.165) is 42.9 Å². The van der Waals surface area contributed by atoms with Crippen LogP contribution in [0.3, 0.4) is 0 Å². The number of fused-ring (bicyclic) bond motifs is 1. The van der Waals surface area contributed by atoms with Crippen LogP contribution in [0, 0.1) is 11.3 Å². The largest absolute Gasteiger partial charge is 0.506 e. The zero-order valence-corrected chi connectivity index (χ0v) is 16.5. The smallest absolute Gasteiger partial charge is 0.168 e.